The molecule has 2 aliphatic rings. The van der Waals surface area contributed by atoms with E-state index >= 15 is 0 Å². The standard InChI is InChI=1S/C17H24N2O/c1-13-8-16(15-4-2-3-5-15)10-17(18-13)9-14-6-7-19(11-14)12-20/h8,10,12,14-15H,2-7,9,11H2,1H3. The molecule has 20 heavy (non-hydrogen) atoms. The number of carbonyl (C=O) groups is 1. The highest BCUT2D eigenvalue weighted by molar-refractivity contribution is 5.47. The van der Waals surface area contributed by atoms with E-state index in [9.17, 15) is 4.79 Å². The third-order valence-corrected chi connectivity index (χ3v) is 4.82. The Hall–Kier alpha value is -1.38. The number of rotatable bonds is 4. The second kappa shape index (κ2) is 5.94. The lowest BCUT2D eigenvalue weighted by atomic mass is 9.94. The molecule has 2 heterocycles. The zero-order chi connectivity index (χ0) is 13.9. The van der Waals surface area contributed by atoms with Crippen LogP contribution in [0.2, 0.25) is 0 Å². The van der Waals surface area contributed by atoms with Crippen molar-refractivity contribution in [3.8, 4) is 0 Å². The first-order valence-corrected chi connectivity index (χ1v) is 7.91. The third-order valence-electron chi connectivity index (χ3n) is 4.82. The van der Waals surface area contributed by atoms with Gasteiger partial charge in [0.1, 0.15) is 0 Å². The normalized spacial score (nSPS) is 23.4. The Bertz CT molecular complexity index is 480. The van der Waals surface area contributed by atoms with Crippen LogP contribution in [-0.4, -0.2) is 29.4 Å². The largest absolute Gasteiger partial charge is 0.345 e. The molecule has 1 unspecified atom stereocenters. The number of aromatic nitrogens is 1. The van der Waals surface area contributed by atoms with Crippen molar-refractivity contribution in [3.63, 3.8) is 0 Å². The summed E-state index contributed by atoms with van der Waals surface area (Å²) in [5, 5.41) is 0. The Balaban J connectivity index is 1.71. The summed E-state index contributed by atoms with van der Waals surface area (Å²) in [6.45, 7) is 3.92. The number of amides is 1. The molecule has 0 N–H and O–H groups in total. The summed E-state index contributed by atoms with van der Waals surface area (Å²) in [6.07, 6.45) is 8.54. The number of hydrogen-bond acceptors (Lipinski definition) is 2. The molecule has 2 fully saturated rings. The minimum atomic E-state index is 0.589. The van der Waals surface area contributed by atoms with Gasteiger partial charge < -0.3 is 4.90 Å². The third kappa shape index (κ3) is 3.02. The zero-order valence-corrected chi connectivity index (χ0v) is 12.3. The van der Waals surface area contributed by atoms with E-state index in [2.05, 4.69) is 19.1 Å². The summed E-state index contributed by atoms with van der Waals surface area (Å²) >= 11 is 0. The number of aryl methyl sites for hydroxylation is 1. The van der Waals surface area contributed by atoms with Crippen molar-refractivity contribution in [1.82, 2.24) is 9.88 Å². The summed E-state index contributed by atoms with van der Waals surface area (Å²) < 4.78 is 0. The molecular formula is C17H24N2O. The maximum Gasteiger partial charge on any atom is 0.209 e. The second-order valence-electron chi connectivity index (χ2n) is 6.47. The van der Waals surface area contributed by atoms with Gasteiger partial charge in [-0.2, -0.15) is 0 Å². The Morgan fingerprint density at radius 1 is 1.30 bits per heavy atom. The van der Waals surface area contributed by atoms with Gasteiger partial charge in [-0.25, -0.2) is 0 Å². The summed E-state index contributed by atoms with van der Waals surface area (Å²) in [5.41, 5.74) is 3.87. The Kier molecular flexibility index (Phi) is 4.04. The summed E-state index contributed by atoms with van der Waals surface area (Å²) in [4.78, 5) is 17.4. The van der Waals surface area contributed by atoms with Crippen LogP contribution in [-0.2, 0) is 11.2 Å². The van der Waals surface area contributed by atoms with E-state index < -0.39 is 0 Å². The van der Waals surface area contributed by atoms with Crippen LogP contribution in [0.3, 0.4) is 0 Å². The molecule has 1 amide bonds. The lowest BCUT2D eigenvalue weighted by Crippen LogP contribution is -2.19. The van der Waals surface area contributed by atoms with Gasteiger partial charge in [-0.05, 0) is 62.1 Å². The van der Waals surface area contributed by atoms with E-state index in [0.29, 0.717) is 5.92 Å². The van der Waals surface area contributed by atoms with Gasteiger partial charge in [0.2, 0.25) is 6.41 Å². The number of nitrogens with zero attached hydrogens (tertiary/aromatic N) is 2. The number of likely N-dealkylation sites (tertiary alicyclic amines) is 1. The lowest BCUT2D eigenvalue weighted by molar-refractivity contribution is -0.117. The monoisotopic (exact) mass is 272 g/mol. The molecule has 1 aromatic heterocycles. The highest BCUT2D eigenvalue weighted by Gasteiger charge is 2.23. The minimum absolute atomic E-state index is 0.589. The first-order valence-electron chi connectivity index (χ1n) is 7.91. The zero-order valence-electron chi connectivity index (χ0n) is 12.3. The van der Waals surface area contributed by atoms with Crippen LogP contribution < -0.4 is 0 Å². The Morgan fingerprint density at radius 2 is 2.10 bits per heavy atom. The SMILES string of the molecule is Cc1cc(C2CCCC2)cc(CC2CCN(C=O)C2)n1. The Labute approximate surface area is 121 Å². The summed E-state index contributed by atoms with van der Waals surface area (Å²) in [5.74, 6) is 1.34. The van der Waals surface area contributed by atoms with Gasteiger partial charge in [0.15, 0.2) is 0 Å². The highest BCUT2D eigenvalue weighted by atomic mass is 16.1. The van der Waals surface area contributed by atoms with E-state index in [4.69, 9.17) is 4.98 Å². The molecule has 1 saturated heterocycles. The van der Waals surface area contributed by atoms with Gasteiger partial charge in [0.05, 0.1) is 0 Å². The van der Waals surface area contributed by atoms with E-state index in [-0.39, 0.29) is 0 Å². The molecule has 0 aromatic carbocycles. The molecule has 0 bridgehead atoms. The van der Waals surface area contributed by atoms with Crippen LogP contribution in [0.15, 0.2) is 12.1 Å². The van der Waals surface area contributed by atoms with Crippen molar-refractivity contribution in [2.24, 2.45) is 5.92 Å². The molecular weight excluding hydrogens is 248 g/mol. The van der Waals surface area contributed by atoms with Crippen LogP contribution in [0.1, 0.15) is 55.0 Å². The number of pyridine rings is 1. The molecule has 3 nitrogen and oxygen atoms in total. The molecule has 1 aliphatic carbocycles. The van der Waals surface area contributed by atoms with Crippen LogP contribution in [0.4, 0.5) is 0 Å². The van der Waals surface area contributed by atoms with E-state index in [0.717, 1.165) is 44.0 Å². The average Bonchev–Trinajstić information content (AvgIpc) is 3.09. The van der Waals surface area contributed by atoms with Crippen molar-refractivity contribution < 1.29 is 4.79 Å². The van der Waals surface area contributed by atoms with Crippen LogP contribution in [0, 0.1) is 12.8 Å². The molecule has 3 heteroatoms. The molecule has 1 aliphatic heterocycles. The first-order chi connectivity index (χ1) is 9.74. The fraction of sp³-hybridized carbons (Fsp3) is 0.647. The predicted octanol–water partition coefficient (Wildman–Crippen LogP) is 3.07. The van der Waals surface area contributed by atoms with Crippen molar-refractivity contribution in [3.05, 3.63) is 29.1 Å². The molecule has 1 saturated carbocycles. The molecule has 1 aromatic rings. The number of hydrogen-bond donors (Lipinski definition) is 0. The van der Waals surface area contributed by atoms with Crippen LogP contribution in [0.25, 0.3) is 0 Å². The van der Waals surface area contributed by atoms with Crippen molar-refractivity contribution in [2.75, 3.05) is 13.1 Å². The average molecular weight is 272 g/mol. The van der Waals surface area contributed by atoms with Gasteiger partial charge >= 0.3 is 0 Å². The van der Waals surface area contributed by atoms with E-state index in [1.807, 2.05) is 4.90 Å². The predicted molar refractivity (Wildman–Crippen MR) is 79.6 cm³/mol. The maximum absolute atomic E-state index is 10.8. The molecule has 0 radical (unpaired) electrons. The van der Waals surface area contributed by atoms with Crippen molar-refractivity contribution in [1.29, 1.82) is 0 Å². The quantitative estimate of drug-likeness (QED) is 0.789. The van der Waals surface area contributed by atoms with Crippen LogP contribution in [0.5, 0.6) is 0 Å². The van der Waals surface area contributed by atoms with Gasteiger partial charge in [0.25, 0.3) is 0 Å². The topological polar surface area (TPSA) is 33.2 Å². The van der Waals surface area contributed by atoms with Crippen molar-refractivity contribution >= 4 is 6.41 Å². The fourth-order valence-electron chi connectivity index (χ4n) is 3.79. The number of carbonyl (C=O) groups excluding carboxylic acids is 1. The molecule has 3 rings (SSSR count). The van der Waals surface area contributed by atoms with Gasteiger partial charge in [-0.1, -0.05) is 12.8 Å². The van der Waals surface area contributed by atoms with Crippen LogP contribution >= 0.6 is 0 Å². The van der Waals surface area contributed by atoms with Gasteiger partial charge in [-0.15, -0.1) is 0 Å². The summed E-state index contributed by atoms with van der Waals surface area (Å²) in [7, 11) is 0. The molecule has 108 valence electrons. The minimum Gasteiger partial charge on any atom is -0.345 e. The second-order valence-corrected chi connectivity index (χ2v) is 6.47. The van der Waals surface area contributed by atoms with Crippen molar-refractivity contribution in [2.45, 2.75) is 51.4 Å². The smallest absolute Gasteiger partial charge is 0.209 e. The first kappa shape index (κ1) is 13.6. The van der Waals surface area contributed by atoms with E-state index in [1.54, 1.807) is 0 Å². The summed E-state index contributed by atoms with van der Waals surface area (Å²) in [6, 6.07) is 4.60. The molecule has 0 spiro atoms. The van der Waals surface area contributed by atoms with E-state index in [1.165, 1.54) is 36.9 Å². The Morgan fingerprint density at radius 3 is 2.80 bits per heavy atom. The maximum atomic E-state index is 10.8. The van der Waals surface area contributed by atoms with Gasteiger partial charge in [-0.3, -0.25) is 9.78 Å². The molecule has 1 atom stereocenters. The highest BCUT2D eigenvalue weighted by Crippen LogP contribution is 2.34. The van der Waals surface area contributed by atoms with Gasteiger partial charge in [0, 0.05) is 24.5 Å². The fourth-order valence-corrected chi connectivity index (χ4v) is 3.79. The lowest BCUT2D eigenvalue weighted by Gasteiger charge is -2.14.